The fraction of sp³-hybridized carbons (Fsp3) is 0.462. The highest BCUT2D eigenvalue weighted by molar-refractivity contribution is 5.71. The number of aromatic amines is 1. The van der Waals surface area contributed by atoms with Crippen molar-refractivity contribution in [2.24, 2.45) is 0 Å². The van der Waals surface area contributed by atoms with Crippen molar-refractivity contribution in [1.29, 1.82) is 0 Å². The third kappa shape index (κ3) is 2.72. The topological polar surface area (TPSA) is 98.9 Å². The second kappa shape index (κ2) is 5.87. The largest absolute Gasteiger partial charge is 0.485 e. The molecule has 2 aromatic heterocycles. The van der Waals surface area contributed by atoms with Crippen LogP contribution < -0.4 is 10.5 Å². The van der Waals surface area contributed by atoms with Crippen LogP contribution in [0.4, 0.5) is 5.82 Å². The van der Waals surface area contributed by atoms with E-state index in [1.54, 1.807) is 12.4 Å². The lowest BCUT2D eigenvalue weighted by Gasteiger charge is -2.22. The first-order valence-electron chi connectivity index (χ1n) is 6.70. The Morgan fingerprint density at radius 1 is 1.40 bits per heavy atom. The van der Waals surface area contributed by atoms with Crippen molar-refractivity contribution in [2.45, 2.75) is 25.4 Å². The van der Waals surface area contributed by atoms with Gasteiger partial charge in [0.15, 0.2) is 11.6 Å². The van der Waals surface area contributed by atoms with E-state index in [-0.39, 0.29) is 6.10 Å². The second-order valence-corrected chi connectivity index (χ2v) is 4.74. The Balaban J connectivity index is 1.74. The number of nitrogens with zero attached hydrogens (tertiary/aromatic N) is 3. The number of hydrogen-bond acceptors (Lipinski definition) is 6. The summed E-state index contributed by atoms with van der Waals surface area (Å²) in [7, 11) is 0. The van der Waals surface area contributed by atoms with Crippen LogP contribution in [0, 0.1) is 0 Å². The first-order valence-corrected chi connectivity index (χ1v) is 6.70. The zero-order valence-electron chi connectivity index (χ0n) is 11.1. The first-order chi connectivity index (χ1) is 9.84. The Labute approximate surface area is 116 Å². The molecule has 1 unspecified atom stereocenters. The standard InChI is InChI=1S/C13H17N5O2/c14-13-12(20-8-10-3-1-2-6-19-10)11(17-18-13)9-4-5-15-16-7-9/h4-5,7,10H,1-3,6,8H2,(H3,14,17,18). The Kier molecular flexibility index (Phi) is 3.78. The molecule has 0 aromatic carbocycles. The molecular weight excluding hydrogens is 258 g/mol. The molecule has 0 saturated carbocycles. The average molecular weight is 275 g/mol. The van der Waals surface area contributed by atoms with Crippen LogP contribution in [0.1, 0.15) is 19.3 Å². The molecule has 7 nitrogen and oxygen atoms in total. The van der Waals surface area contributed by atoms with Crippen molar-refractivity contribution in [3.63, 3.8) is 0 Å². The maximum atomic E-state index is 5.85. The number of rotatable bonds is 4. The summed E-state index contributed by atoms with van der Waals surface area (Å²) in [6.45, 7) is 1.28. The number of nitrogen functional groups attached to an aromatic ring is 1. The number of ether oxygens (including phenoxy) is 2. The highest BCUT2D eigenvalue weighted by atomic mass is 16.5. The SMILES string of the molecule is Nc1n[nH]c(-c2ccnnc2)c1OCC1CCCCO1. The molecule has 0 spiro atoms. The van der Waals surface area contributed by atoms with Gasteiger partial charge in [-0.3, -0.25) is 5.10 Å². The van der Waals surface area contributed by atoms with Gasteiger partial charge in [-0.15, -0.1) is 0 Å². The van der Waals surface area contributed by atoms with E-state index in [9.17, 15) is 0 Å². The smallest absolute Gasteiger partial charge is 0.188 e. The molecule has 3 heterocycles. The summed E-state index contributed by atoms with van der Waals surface area (Å²) in [5, 5.41) is 14.5. The van der Waals surface area contributed by atoms with Crippen molar-refractivity contribution in [2.75, 3.05) is 18.9 Å². The van der Waals surface area contributed by atoms with Gasteiger partial charge in [0, 0.05) is 12.2 Å². The van der Waals surface area contributed by atoms with E-state index in [0.717, 1.165) is 25.0 Å². The average Bonchev–Trinajstić information content (AvgIpc) is 2.88. The van der Waals surface area contributed by atoms with Gasteiger partial charge in [-0.1, -0.05) is 0 Å². The minimum absolute atomic E-state index is 0.126. The van der Waals surface area contributed by atoms with Gasteiger partial charge in [-0.05, 0) is 25.3 Å². The van der Waals surface area contributed by atoms with Gasteiger partial charge in [0.25, 0.3) is 0 Å². The quantitative estimate of drug-likeness (QED) is 0.875. The van der Waals surface area contributed by atoms with Crippen molar-refractivity contribution < 1.29 is 9.47 Å². The minimum atomic E-state index is 0.126. The van der Waals surface area contributed by atoms with Crippen LogP contribution in [0.25, 0.3) is 11.3 Å². The van der Waals surface area contributed by atoms with Crippen molar-refractivity contribution in [3.05, 3.63) is 18.5 Å². The van der Waals surface area contributed by atoms with Gasteiger partial charge in [0.05, 0.1) is 18.5 Å². The normalized spacial score (nSPS) is 18.9. The molecule has 3 N–H and O–H groups in total. The predicted molar refractivity (Wildman–Crippen MR) is 73.1 cm³/mol. The van der Waals surface area contributed by atoms with Crippen LogP contribution in [-0.4, -0.2) is 39.7 Å². The molecule has 1 atom stereocenters. The fourth-order valence-corrected chi connectivity index (χ4v) is 2.24. The summed E-state index contributed by atoms with van der Waals surface area (Å²) in [5.41, 5.74) is 7.40. The van der Waals surface area contributed by atoms with Crippen LogP contribution >= 0.6 is 0 Å². The van der Waals surface area contributed by atoms with Crippen LogP contribution in [0.5, 0.6) is 5.75 Å². The fourth-order valence-electron chi connectivity index (χ4n) is 2.24. The van der Waals surface area contributed by atoms with Crippen LogP contribution in [0.3, 0.4) is 0 Å². The predicted octanol–water partition coefficient (Wildman–Crippen LogP) is 1.40. The zero-order valence-corrected chi connectivity index (χ0v) is 11.1. The van der Waals surface area contributed by atoms with E-state index < -0.39 is 0 Å². The van der Waals surface area contributed by atoms with E-state index >= 15 is 0 Å². The van der Waals surface area contributed by atoms with Crippen LogP contribution in [-0.2, 0) is 4.74 Å². The van der Waals surface area contributed by atoms with Gasteiger partial charge in [0.2, 0.25) is 0 Å². The molecule has 20 heavy (non-hydrogen) atoms. The molecule has 0 amide bonds. The first kappa shape index (κ1) is 12.9. The Morgan fingerprint density at radius 3 is 3.10 bits per heavy atom. The van der Waals surface area contributed by atoms with E-state index in [0.29, 0.717) is 23.9 Å². The van der Waals surface area contributed by atoms with Crippen molar-refractivity contribution in [3.8, 4) is 17.0 Å². The molecule has 0 aliphatic carbocycles. The molecule has 3 rings (SSSR count). The highest BCUT2D eigenvalue weighted by Crippen LogP contribution is 2.32. The minimum Gasteiger partial charge on any atom is -0.485 e. The lowest BCUT2D eigenvalue weighted by atomic mass is 10.1. The molecule has 0 bridgehead atoms. The van der Waals surface area contributed by atoms with Gasteiger partial charge in [-0.2, -0.15) is 15.3 Å². The molecule has 1 aliphatic heterocycles. The molecule has 0 radical (unpaired) electrons. The maximum absolute atomic E-state index is 5.85. The summed E-state index contributed by atoms with van der Waals surface area (Å²) >= 11 is 0. The molecule has 1 aliphatic rings. The Bertz CT molecular complexity index is 551. The van der Waals surface area contributed by atoms with Gasteiger partial charge >= 0.3 is 0 Å². The van der Waals surface area contributed by atoms with Crippen molar-refractivity contribution >= 4 is 5.82 Å². The van der Waals surface area contributed by atoms with Crippen molar-refractivity contribution in [1.82, 2.24) is 20.4 Å². The Morgan fingerprint density at radius 2 is 2.35 bits per heavy atom. The van der Waals surface area contributed by atoms with E-state index in [1.807, 2.05) is 6.07 Å². The van der Waals surface area contributed by atoms with Gasteiger partial charge < -0.3 is 15.2 Å². The van der Waals surface area contributed by atoms with Gasteiger partial charge in [-0.25, -0.2) is 0 Å². The molecule has 7 heteroatoms. The summed E-state index contributed by atoms with van der Waals surface area (Å²) in [4.78, 5) is 0. The molecule has 2 aromatic rings. The second-order valence-electron chi connectivity index (χ2n) is 4.74. The van der Waals surface area contributed by atoms with E-state index in [4.69, 9.17) is 15.2 Å². The molecule has 1 fully saturated rings. The van der Waals surface area contributed by atoms with E-state index in [1.165, 1.54) is 6.42 Å². The summed E-state index contributed by atoms with van der Waals surface area (Å²) in [6, 6.07) is 1.82. The number of aromatic nitrogens is 4. The number of H-pyrrole nitrogens is 1. The molecule has 106 valence electrons. The molecular formula is C13H17N5O2. The summed E-state index contributed by atoms with van der Waals surface area (Å²) in [5.74, 6) is 0.889. The Hall–Kier alpha value is -2.15. The van der Waals surface area contributed by atoms with E-state index in [2.05, 4.69) is 20.4 Å². The third-order valence-corrected chi connectivity index (χ3v) is 3.31. The molecule has 1 saturated heterocycles. The lowest BCUT2D eigenvalue weighted by Crippen LogP contribution is -2.26. The van der Waals surface area contributed by atoms with Crippen LogP contribution in [0.15, 0.2) is 18.5 Å². The monoisotopic (exact) mass is 275 g/mol. The van der Waals surface area contributed by atoms with Crippen LogP contribution in [0.2, 0.25) is 0 Å². The maximum Gasteiger partial charge on any atom is 0.188 e. The van der Waals surface area contributed by atoms with Gasteiger partial charge in [0.1, 0.15) is 12.3 Å². The zero-order chi connectivity index (χ0) is 13.8. The summed E-state index contributed by atoms with van der Waals surface area (Å²) in [6.07, 6.45) is 6.69. The number of nitrogens with two attached hydrogens (primary N) is 1. The lowest BCUT2D eigenvalue weighted by molar-refractivity contribution is -0.0108. The number of anilines is 1. The number of hydrogen-bond donors (Lipinski definition) is 2. The summed E-state index contributed by atoms with van der Waals surface area (Å²) < 4.78 is 11.5. The number of nitrogens with one attached hydrogen (secondary N) is 1. The third-order valence-electron chi connectivity index (χ3n) is 3.31. The highest BCUT2D eigenvalue weighted by Gasteiger charge is 2.19.